The zero-order valence-corrected chi connectivity index (χ0v) is 30.5. The van der Waals surface area contributed by atoms with Crippen LogP contribution in [0.4, 0.5) is 27.9 Å². The number of rotatable bonds is 9. The van der Waals surface area contributed by atoms with Gasteiger partial charge in [0.05, 0.1) is 24.6 Å². The number of amides is 2. The molecule has 3 N–H and O–H groups in total. The topological polar surface area (TPSA) is 108 Å². The van der Waals surface area contributed by atoms with Crippen LogP contribution >= 0.6 is 0 Å². The normalized spacial score (nSPS) is 17.9. The number of aromatic nitrogens is 3. The van der Waals surface area contributed by atoms with E-state index in [0.717, 1.165) is 81.7 Å². The van der Waals surface area contributed by atoms with Crippen molar-refractivity contribution in [1.29, 1.82) is 0 Å². The quantitative estimate of drug-likeness (QED) is 0.167. The molecule has 11 heteroatoms. The van der Waals surface area contributed by atoms with Gasteiger partial charge in [-0.15, -0.1) is 5.54 Å². The van der Waals surface area contributed by atoms with Crippen LogP contribution in [0.2, 0.25) is 16.6 Å². The Balaban J connectivity index is 1.24. The average molecular weight is 669 g/mol. The van der Waals surface area contributed by atoms with Gasteiger partial charge < -0.3 is 20.3 Å². The van der Waals surface area contributed by atoms with Gasteiger partial charge in [-0.05, 0) is 59.8 Å². The predicted molar refractivity (Wildman–Crippen MR) is 198 cm³/mol. The van der Waals surface area contributed by atoms with E-state index in [1.54, 1.807) is 6.20 Å². The van der Waals surface area contributed by atoms with Crippen LogP contribution in [0.25, 0.3) is 11.0 Å². The highest BCUT2D eigenvalue weighted by molar-refractivity contribution is 6.90. The molecule has 0 spiro atoms. The minimum atomic E-state index is -2.00. The van der Waals surface area contributed by atoms with Gasteiger partial charge in [-0.1, -0.05) is 60.3 Å². The Morgan fingerprint density at radius 1 is 0.938 bits per heavy atom. The van der Waals surface area contributed by atoms with Crippen molar-refractivity contribution < 1.29 is 9.53 Å². The van der Waals surface area contributed by atoms with Crippen LogP contribution in [0.15, 0.2) is 36.5 Å². The summed E-state index contributed by atoms with van der Waals surface area (Å²) in [6, 6.07) is 10.9. The van der Waals surface area contributed by atoms with Crippen LogP contribution < -0.4 is 20.9 Å². The summed E-state index contributed by atoms with van der Waals surface area (Å²) in [5.74, 6) is 4.45. The second-order valence-corrected chi connectivity index (χ2v) is 20.2. The Bertz CT molecular complexity index is 1610. The zero-order valence-electron chi connectivity index (χ0n) is 29.5. The van der Waals surface area contributed by atoms with Gasteiger partial charge in [-0.2, -0.15) is 4.98 Å². The molecule has 2 amide bonds. The first kappa shape index (κ1) is 34.2. The molecule has 1 saturated carbocycles. The Hall–Kier alpha value is -3.72. The Kier molecular flexibility index (Phi) is 10.5. The van der Waals surface area contributed by atoms with Gasteiger partial charge in [-0.25, -0.2) is 14.8 Å². The standard InChI is InChI=1S/C37H52N8O2Si/c1-25(2)48(26(3)4,27(5)6)20-15-28-21-34(42-37(46)40-29-9-7-8-10-29)41-35-33(28)22-38-36(43-35)39-30-11-13-31(14-12-30)44-16-18-45(19-17-44)32-23-47-24-32/h11-14,21-22,25-27,29,32H,7-10,16-19,23-24H2,1-6H3,(H3,38,39,40,41,42,43,46). The fourth-order valence-corrected chi connectivity index (χ4v) is 13.1. The van der Waals surface area contributed by atoms with Gasteiger partial charge >= 0.3 is 6.03 Å². The van der Waals surface area contributed by atoms with Gasteiger partial charge in [-0.3, -0.25) is 10.2 Å². The molecule has 0 radical (unpaired) electrons. The van der Waals surface area contributed by atoms with Crippen LogP contribution in [-0.2, 0) is 4.74 Å². The lowest BCUT2D eigenvalue weighted by Gasteiger charge is -2.43. The minimum Gasteiger partial charge on any atom is -0.378 e. The predicted octanol–water partition coefficient (Wildman–Crippen LogP) is 6.92. The highest BCUT2D eigenvalue weighted by Crippen LogP contribution is 2.41. The van der Waals surface area contributed by atoms with E-state index in [4.69, 9.17) is 14.7 Å². The number of benzene rings is 1. The SMILES string of the molecule is CC(C)[Si](C#Cc1cc(NC(=O)NC2CCCC2)nc2nc(Nc3ccc(N4CCN(C5COC5)CC4)cc3)ncc12)(C(C)C)C(C)C. The largest absolute Gasteiger partial charge is 0.378 e. The monoisotopic (exact) mass is 668 g/mol. The number of carbonyl (C=O) groups excluding carboxylic acids is 1. The van der Waals surface area contributed by atoms with E-state index in [-0.39, 0.29) is 12.1 Å². The maximum Gasteiger partial charge on any atom is 0.320 e. The first-order chi connectivity index (χ1) is 23.1. The van der Waals surface area contributed by atoms with Crippen molar-refractivity contribution in [2.75, 3.05) is 54.9 Å². The lowest BCUT2D eigenvalue weighted by molar-refractivity contribution is -0.0660. The van der Waals surface area contributed by atoms with E-state index in [9.17, 15) is 4.79 Å². The van der Waals surface area contributed by atoms with Crippen LogP contribution in [0.3, 0.4) is 0 Å². The van der Waals surface area contributed by atoms with E-state index in [2.05, 4.69) is 108 Å². The first-order valence-corrected chi connectivity index (χ1v) is 20.1. The molecule has 0 unspecified atom stereocenters. The molecule has 0 bridgehead atoms. The lowest BCUT2D eigenvalue weighted by Crippen LogP contribution is -2.56. The van der Waals surface area contributed by atoms with Gasteiger partial charge in [0.15, 0.2) is 5.65 Å². The molecule has 4 heterocycles. The van der Waals surface area contributed by atoms with E-state index in [1.807, 2.05) is 6.07 Å². The number of urea groups is 1. The molecule has 3 aliphatic rings. The van der Waals surface area contributed by atoms with Crippen molar-refractivity contribution in [3.05, 3.63) is 42.1 Å². The van der Waals surface area contributed by atoms with Crippen LogP contribution in [-0.4, -0.2) is 85.4 Å². The van der Waals surface area contributed by atoms with Gasteiger partial charge in [0, 0.05) is 55.4 Å². The third-order valence-corrected chi connectivity index (χ3v) is 17.0. The van der Waals surface area contributed by atoms with Crippen molar-refractivity contribution in [3.63, 3.8) is 0 Å². The van der Waals surface area contributed by atoms with Crippen molar-refractivity contribution in [1.82, 2.24) is 25.2 Å². The molecule has 0 atom stereocenters. The molecule has 1 aliphatic carbocycles. The number of hydrogen-bond acceptors (Lipinski definition) is 8. The van der Waals surface area contributed by atoms with Crippen molar-refractivity contribution >= 4 is 48.3 Å². The molecule has 256 valence electrons. The summed E-state index contributed by atoms with van der Waals surface area (Å²) in [6.07, 6.45) is 6.12. The van der Waals surface area contributed by atoms with Crippen molar-refractivity contribution in [2.24, 2.45) is 0 Å². The third kappa shape index (κ3) is 7.46. The number of piperazine rings is 1. The van der Waals surface area contributed by atoms with Crippen molar-refractivity contribution in [2.45, 2.75) is 95.9 Å². The maximum absolute atomic E-state index is 13.0. The molecule has 3 aromatic rings. The van der Waals surface area contributed by atoms with Gasteiger partial charge in [0.1, 0.15) is 13.9 Å². The smallest absolute Gasteiger partial charge is 0.320 e. The Labute approximate surface area is 286 Å². The second-order valence-electron chi connectivity index (χ2n) is 14.6. The number of nitrogens with zero attached hydrogens (tertiary/aromatic N) is 5. The molecule has 6 rings (SSSR count). The number of anilines is 4. The molecule has 10 nitrogen and oxygen atoms in total. The minimum absolute atomic E-state index is 0.205. The summed E-state index contributed by atoms with van der Waals surface area (Å²) in [4.78, 5) is 32.2. The molecule has 2 aromatic heterocycles. The third-order valence-electron chi connectivity index (χ3n) is 10.7. The molecule has 3 fully saturated rings. The number of ether oxygens (including phenoxy) is 1. The van der Waals surface area contributed by atoms with Crippen LogP contribution in [0, 0.1) is 11.5 Å². The molecule has 1 aromatic carbocycles. The Morgan fingerprint density at radius 3 is 2.21 bits per heavy atom. The fourth-order valence-electron chi connectivity index (χ4n) is 7.92. The molecular formula is C37H52N8O2Si. The summed E-state index contributed by atoms with van der Waals surface area (Å²) in [5, 5.41) is 10.2. The van der Waals surface area contributed by atoms with Crippen molar-refractivity contribution in [3.8, 4) is 11.5 Å². The summed E-state index contributed by atoms with van der Waals surface area (Å²) in [6.45, 7) is 19.7. The summed E-state index contributed by atoms with van der Waals surface area (Å²) >= 11 is 0. The van der Waals surface area contributed by atoms with Crippen LogP contribution in [0.1, 0.15) is 72.8 Å². The van der Waals surface area contributed by atoms with E-state index < -0.39 is 8.07 Å². The number of pyridine rings is 1. The number of nitrogens with one attached hydrogen (secondary N) is 3. The summed E-state index contributed by atoms with van der Waals surface area (Å²) in [7, 11) is -2.00. The summed E-state index contributed by atoms with van der Waals surface area (Å²) in [5.41, 5.74) is 8.72. The highest BCUT2D eigenvalue weighted by atomic mass is 28.3. The molecule has 2 aliphatic heterocycles. The van der Waals surface area contributed by atoms with Crippen LogP contribution in [0.5, 0.6) is 0 Å². The highest BCUT2D eigenvalue weighted by Gasteiger charge is 2.41. The summed E-state index contributed by atoms with van der Waals surface area (Å²) < 4.78 is 5.38. The van der Waals surface area contributed by atoms with E-state index in [0.29, 0.717) is 40.1 Å². The second kappa shape index (κ2) is 14.8. The van der Waals surface area contributed by atoms with Gasteiger partial charge in [0.25, 0.3) is 0 Å². The molecule has 48 heavy (non-hydrogen) atoms. The Morgan fingerprint density at radius 2 is 1.60 bits per heavy atom. The van der Waals surface area contributed by atoms with E-state index in [1.165, 1.54) is 5.69 Å². The van der Waals surface area contributed by atoms with E-state index >= 15 is 0 Å². The number of fused-ring (bicyclic) bond motifs is 1. The fraction of sp³-hybridized carbons (Fsp3) is 0.568. The average Bonchev–Trinajstić information content (AvgIpc) is 3.53. The molecule has 2 saturated heterocycles. The van der Waals surface area contributed by atoms with Gasteiger partial charge in [0.2, 0.25) is 5.95 Å². The molecular weight excluding hydrogens is 617 g/mol. The number of hydrogen-bond donors (Lipinski definition) is 3. The maximum atomic E-state index is 13.0. The number of carbonyl (C=O) groups is 1. The lowest BCUT2D eigenvalue weighted by atomic mass is 10.1. The zero-order chi connectivity index (χ0) is 33.8. The first-order valence-electron chi connectivity index (χ1n) is 17.8.